The zero-order chi connectivity index (χ0) is 16.6. The molecule has 1 atom stereocenters. The third-order valence-corrected chi connectivity index (χ3v) is 5.75. The van der Waals surface area contributed by atoms with Crippen LogP contribution in [-0.4, -0.2) is 16.7 Å². The number of carbonyl (C=O) groups excluding carboxylic acids is 2. The highest BCUT2D eigenvalue weighted by Crippen LogP contribution is 2.55. The summed E-state index contributed by atoms with van der Waals surface area (Å²) in [4.78, 5) is 32.1. The lowest BCUT2D eigenvalue weighted by molar-refractivity contribution is -0.137. The van der Waals surface area contributed by atoms with E-state index < -0.39 is 4.87 Å². The average Bonchev–Trinajstić information content (AvgIpc) is 3.12. The van der Waals surface area contributed by atoms with Crippen molar-refractivity contribution >= 4 is 29.3 Å². The summed E-state index contributed by atoms with van der Waals surface area (Å²) in [5.41, 5.74) is 4.31. The fraction of sp³-hybridized carbons (Fsp3) is 0.222. The van der Waals surface area contributed by atoms with Crippen LogP contribution in [0, 0.1) is 0 Å². The maximum atomic E-state index is 12.8. The first-order valence-corrected chi connectivity index (χ1v) is 8.60. The quantitative estimate of drug-likeness (QED) is 0.870. The summed E-state index contributed by atoms with van der Waals surface area (Å²) in [6.45, 7) is 0.286. The molecule has 5 nitrogen and oxygen atoms in total. The van der Waals surface area contributed by atoms with E-state index in [0.29, 0.717) is 12.8 Å². The SMILES string of the molecule is O=C1CC[C@@]2(C(=O)NOCc3ccccc3)Sc3ccccc3N12. The molecule has 1 N–H and O–H groups in total. The van der Waals surface area contributed by atoms with Crippen LogP contribution >= 0.6 is 11.8 Å². The predicted octanol–water partition coefficient (Wildman–Crippen LogP) is 2.86. The van der Waals surface area contributed by atoms with Gasteiger partial charge in [0, 0.05) is 11.3 Å². The summed E-state index contributed by atoms with van der Waals surface area (Å²) in [6, 6.07) is 17.2. The summed E-state index contributed by atoms with van der Waals surface area (Å²) in [6.07, 6.45) is 0.846. The average molecular weight is 340 g/mol. The van der Waals surface area contributed by atoms with E-state index in [1.807, 2.05) is 54.6 Å². The Hall–Kier alpha value is -2.31. The molecule has 1 saturated heterocycles. The molecule has 2 amide bonds. The Morgan fingerprint density at radius 2 is 1.92 bits per heavy atom. The van der Waals surface area contributed by atoms with E-state index in [0.717, 1.165) is 16.1 Å². The highest BCUT2D eigenvalue weighted by molar-refractivity contribution is 8.02. The number of para-hydroxylation sites is 1. The van der Waals surface area contributed by atoms with Gasteiger partial charge in [0.05, 0.1) is 12.3 Å². The number of fused-ring (bicyclic) bond motifs is 3. The molecule has 122 valence electrons. The zero-order valence-electron chi connectivity index (χ0n) is 12.9. The van der Waals surface area contributed by atoms with Crippen LogP contribution in [0.3, 0.4) is 0 Å². The number of benzene rings is 2. The van der Waals surface area contributed by atoms with Gasteiger partial charge in [0.1, 0.15) is 0 Å². The predicted molar refractivity (Wildman–Crippen MR) is 91.1 cm³/mol. The summed E-state index contributed by atoms with van der Waals surface area (Å²) < 4.78 is 0. The molecular formula is C18H16N2O3S. The van der Waals surface area contributed by atoms with Crippen molar-refractivity contribution < 1.29 is 14.4 Å². The monoisotopic (exact) mass is 340 g/mol. The smallest absolute Gasteiger partial charge is 0.280 e. The highest BCUT2D eigenvalue weighted by Gasteiger charge is 2.57. The number of anilines is 1. The molecule has 2 aromatic carbocycles. The molecule has 0 saturated carbocycles. The number of nitrogens with one attached hydrogen (secondary N) is 1. The Morgan fingerprint density at radius 3 is 2.75 bits per heavy atom. The topological polar surface area (TPSA) is 58.6 Å². The van der Waals surface area contributed by atoms with E-state index in [1.165, 1.54) is 11.8 Å². The van der Waals surface area contributed by atoms with E-state index in [1.54, 1.807) is 4.90 Å². The molecule has 2 aliphatic heterocycles. The molecule has 6 heteroatoms. The summed E-state index contributed by atoms with van der Waals surface area (Å²) in [5, 5.41) is 0. The van der Waals surface area contributed by atoms with Gasteiger partial charge in [0.2, 0.25) is 5.91 Å². The van der Waals surface area contributed by atoms with Gasteiger partial charge < -0.3 is 0 Å². The third kappa shape index (κ3) is 2.39. The first kappa shape index (κ1) is 15.2. The lowest BCUT2D eigenvalue weighted by Crippen LogP contribution is -2.52. The van der Waals surface area contributed by atoms with Crippen molar-refractivity contribution in [1.82, 2.24) is 5.48 Å². The van der Waals surface area contributed by atoms with Gasteiger partial charge in [0.15, 0.2) is 4.87 Å². The van der Waals surface area contributed by atoms with Gasteiger partial charge in [-0.15, -0.1) is 0 Å². The van der Waals surface area contributed by atoms with Crippen LogP contribution in [0.2, 0.25) is 0 Å². The largest absolute Gasteiger partial charge is 0.287 e. The van der Waals surface area contributed by atoms with Crippen molar-refractivity contribution in [2.45, 2.75) is 29.2 Å². The zero-order valence-corrected chi connectivity index (χ0v) is 13.7. The Bertz CT molecular complexity index is 796. The van der Waals surface area contributed by atoms with Crippen LogP contribution < -0.4 is 10.4 Å². The number of nitrogens with zero attached hydrogens (tertiary/aromatic N) is 1. The number of thioether (sulfide) groups is 1. The van der Waals surface area contributed by atoms with Crippen LogP contribution in [0.15, 0.2) is 59.5 Å². The fourth-order valence-electron chi connectivity index (χ4n) is 3.14. The van der Waals surface area contributed by atoms with Crippen molar-refractivity contribution in [3.05, 3.63) is 60.2 Å². The fourth-order valence-corrected chi connectivity index (χ4v) is 4.54. The van der Waals surface area contributed by atoms with Gasteiger partial charge in [-0.1, -0.05) is 54.2 Å². The standard InChI is InChI=1S/C18H16N2O3S/c21-16-10-11-18(20(16)14-8-4-5-9-15(14)24-18)17(22)19-23-12-13-6-2-1-3-7-13/h1-9H,10-12H2,(H,19,22)/t18-/m0/s1. The second kappa shape index (κ2) is 5.96. The van der Waals surface area contributed by atoms with Crippen molar-refractivity contribution in [3.8, 4) is 0 Å². The van der Waals surface area contributed by atoms with Gasteiger partial charge >= 0.3 is 0 Å². The number of carbonyl (C=O) groups is 2. The van der Waals surface area contributed by atoms with Gasteiger partial charge in [-0.05, 0) is 24.1 Å². The van der Waals surface area contributed by atoms with Crippen LogP contribution in [0.4, 0.5) is 5.69 Å². The molecule has 0 bridgehead atoms. The Labute approximate surface area is 143 Å². The van der Waals surface area contributed by atoms with Gasteiger partial charge in [-0.3, -0.25) is 19.3 Å². The molecule has 0 unspecified atom stereocenters. The Morgan fingerprint density at radius 1 is 1.17 bits per heavy atom. The first-order chi connectivity index (χ1) is 11.7. The molecule has 1 fully saturated rings. The number of amides is 2. The summed E-state index contributed by atoms with van der Waals surface area (Å²) in [5.74, 6) is -0.309. The van der Waals surface area contributed by atoms with Crippen LogP contribution in [0.1, 0.15) is 18.4 Å². The molecule has 0 spiro atoms. The summed E-state index contributed by atoms with van der Waals surface area (Å²) >= 11 is 1.43. The molecular weight excluding hydrogens is 324 g/mol. The minimum atomic E-state index is -0.933. The minimum Gasteiger partial charge on any atom is -0.287 e. The Kier molecular flexibility index (Phi) is 3.78. The van der Waals surface area contributed by atoms with E-state index in [4.69, 9.17) is 4.84 Å². The molecule has 0 radical (unpaired) electrons. The number of rotatable bonds is 4. The maximum absolute atomic E-state index is 12.8. The third-order valence-electron chi connectivity index (χ3n) is 4.27. The van der Waals surface area contributed by atoms with E-state index in [-0.39, 0.29) is 18.4 Å². The van der Waals surface area contributed by atoms with Gasteiger partial charge in [-0.25, -0.2) is 5.48 Å². The van der Waals surface area contributed by atoms with Crippen LogP contribution in [0.25, 0.3) is 0 Å². The normalized spacial score (nSPS) is 21.5. The van der Waals surface area contributed by atoms with Gasteiger partial charge in [-0.2, -0.15) is 0 Å². The molecule has 2 aromatic rings. The number of hydrogen-bond donors (Lipinski definition) is 1. The van der Waals surface area contributed by atoms with Crippen LogP contribution in [-0.2, 0) is 21.0 Å². The maximum Gasteiger partial charge on any atom is 0.280 e. The molecule has 2 aliphatic rings. The number of hydrogen-bond acceptors (Lipinski definition) is 4. The van der Waals surface area contributed by atoms with Gasteiger partial charge in [0.25, 0.3) is 5.91 Å². The summed E-state index contributed by atoms with van der Waals surface area (Å²) in [7, 11) is 0. The minimum absolute atomic E-state index is 0.0225. The molecule has 0 aromatic heterocycles. The molecule has 2 heterocycles. The highest BCUT2D eigenvalue weighted by atomic mass is 32.2. The lowest BCUT2D eigenvalue weighted by Gasteiger charge is -2.29. The second-order valence-electron chi connectivity index (χ2n) is 5.79. The van der Waals surface area contributed by atoms with E-state index in [2.05, 4.69) is 5.48 Å². The first-order valence-electron chi connectivity index (χ1n) is 7.78. The van der Waals surface area contributed by atoms with Crippen LogP contribution in [0.5, 0.6) is 0 Å². The van der Waals surface area contributed by atoms with Crippen molar-refractivity contribution in [1.29, 1.82) is 0 Å². The van der Waals surface area contributed by atoms with Crippen molar-refractivity contribution in [2.24, 2.45) is 0 Å². The van der Waals surface area contributed by atoms with E-state index >= 15 is 0 Å². The van der Waals surface area contributed by atoms with Crippen molar-refractivity contribution in [3.63, 3.8) is 0 Å². The molecule has 4 rings (SSSR count). The lowest BCUT2D eigenvalue weighted by atomic mass is 10.2. The van der Waals surface area contributed by atoms with E-state index in [9.17, 15) is 9.59 Å². The Balaban J connectivity index is 1.50. The van der Waals surface area contributed by atoms with Crippen molar-refractivity contribution in [2.75, 3.05) is 4.90 Å². The molecule has 0 aliphatic carbocycles. The number of hydroxylamine groups is 1. The second-order valence-corrected chi connectivity index (χ2v) is 7.11. The molecule has 24 heavy (non-hydrogen) atoms.